The van der Waals surface area contributed by atoms with Crippen molar-refractivity contribution >= 4 is 17.7 Å². The second kappa shape index (κ2) is 4.40. The first-order chi connectivity index (χ1) is 8.04. The number of aromatic carboxylic acids is 1. The summed E-state index contributed by atoms with van der Waals surface area (Å²) < 4.78 is 0. The molecule has 1 unspecified atom stereocenters. The van der Waals surface area contributed by atoms with Crippen LogP contribution in [-0.4, -0.2) is 34.6 Å². The van der Waals surface area contributed by atoms with E-state index in [9.17, 15) is 9.59 Å². The number of hydrogen-bond donors (Lipinski definition) is 3. The molecule has 1 amide bonds. The van der Waals surface area contributed by atoms with Gasteiger partial charge in [-0.1, -0.05) is 0 Å². The van der Waals surface area contributed by atoms with Gasteiger partial charge >= 0.3 is 5.97 Å². The molecule has 1 aliphatic heterocycles. The maximum absolute atomic E-state index is 11.0. The molecule has 0 bridgehead atoms. The smallest absolute Gasteiger partial charge is 0.335 e. The third-order valence-electron chi connectivity index (χ3n) is 2.53. The van der Waals surface area contributed by atoms with Gasteiger partial charge in [0.2, 0.25) is 5.91 Å². The number of carbonyl (C=O) groups excluding carboxylic acids is 1. The van der Waals surface area contributed by atoms with Crippen LogP contribution in [0.1, 0.15) is 22.5 Å². The Hall–Kier alpha value is -2.11. The normalized spacial score (nSPS) is 18.9. The largest absolute Gasteiger partial charge is 0.478 e. The van der Waals surface area contributed by atoms with Crippen molar-refractivity contribution in [1.29, 1.82) is 0 Å². The van der Waals surface area contributed by atoms with Gasteiger partial charge in [-0.25, -0.2) is 9.78 Å². The Bertz CT molecular complexity index is 473. The summed E-state index contributed by atoms with van der Waals surface area (Å²) in [6.45, 7) is 2.27. The lowest BCUT2D eigenvalue weighted by Gasteiger charge is -2.12. The Kier molecular flexibility index (Phi) is 2.95. The van der Waals surface area contributed by atoms with Crippen LogP contribution in [0.2, 0.25) is 0 Å². The molecule has 90 valence electrons. The predicted octanol–water partition coefficient (Wildman–Crippen LogP) is 0.389. The van der Waals surface area contributed by atoms with E-state index in [4.69, 9.17) is 5.11 Å². The zero-order chi connectivity index (χ0) is 12.4. The van der Waals surface area contributed by atoms with Crippen LogP contribution in [0.3, 0.4) is 0 Å². The molecule has 3 N–H and O–H groups in total. The van der Waals surface area contributed by atoms with E-state index in [1.54, 1.807) is 6.92 Å². The quantitative estimate of drug-likeness (QED) is 0.705. The van der Waals surface area contributed by atoms with Gasteiger partial charge in [-0.3, -0.25) is 4.79 Å². The second-order valence-corrected chi connectivity index (χ2v) is 4.04. The van der Waals surface area contributed by atoms with Crippen LogP contribution in [0.15, 0.2) is 12.1 Å². The molecular weight excluding hydrogens is 222 g/mol. The van der Waals surface area contributed by atoms with Crippen molar-refractivity contribution in [2.75, 3.05) is 11.9 Å². The van der Waals surface area contributed by atoms with Crippen molar-refractivity contribution in [3.8, 4) is 0 Å². The van der Waals surface area contributed by atoms with Crippen molar-refractivity contribution in [2.45, 2.75) is 19.4 Å². The topological polar surface area (TPSA) is 91.3 Å². The number of carboxylic acid groups (broad SMARTS) is 1. The van der Waals surface area contributed by atoms with Crippen molar-refractivity contribution in [1.82, 2.24) is 10.3 Å². The molecule has 0 aliphatic carbocycles. The number of aryl methyl sites for hydroxylation is 1. The van der Waals surface area contributed by atoms with Gasteiger partial charge in [0.05, 0.1) is 11.6 Å². The van der Waals surface area contributed by atoms with Gasteiger partial charge in [-0.15, -0.1) is 0 Å². The molecule has 2 rings (SSSR count). The van der Waals surface area contributed by atoms with Crippen LogP contribution >= 0.6 is 0 Å². The number of nitrogens with one attached hydrogen (secondary N) is 2. The second-order valence-electron chi connectivity index (χ2n) is 4.04. The SMILES string of the molecule is Cc1cc(C(=O)O)cc(NC2CNC(=O)C2)n1. The molecule has 0 spiro atoms. The van der Waals surface area contributed by atoms with E-state index >= 15 is 0 Å². The van der Waals surface area contributed by atoms with Gasteiger partial charge in [-0.2, -0.15) is 0 Å². The Labute approximate surface area is 98.1 Å². The lowest BCUT2D eigenvalue weighted by molar-refractivity contribution is -0.119. The van der Waals surface area contributed by atoms with Crippen molar-refractivity contribution < 1.29 is 14.7 Å². The fourth-order valence-corrected chi connectivity index (χ4v) is 1.78. The summed E-state index contributed by atoms with van der Waals surface area (Å²) in [6, 6.07) is 2.95. The Morgan fingerprint density at radius 3 is 2.94 bits per heavy atom. The van der Waals surface area contributed by atoms with Crippen LogP contribution in [-0.2, 0) is 4.79 Å². The van der Waals surface area contributed by atoms with E-state index in [-0.39, 0.29) is 17.5 Å². The van der Waals surface area contributed by atoms with Crippen molar-refractivity contribution in [3.05, 3.63) is 23.4 Å². The molecule has 6 heteroatoms. The van der Waals surface area contributed by atoms with Gasteiger partial charge in [0.15, 0.2) is 0 Å². The maximum Gasteiger partial charge on any atom is 0.335 e. The van der Waals surface area contributed by atoms with Crippen molar-refractivity contribution in [3.63, 3.8) is 0 Å². The average molecular weight is 235 g/mol. The van der Waals surface area contributed by atoms with E-state index < -0.39 is 5.97 Å². The van der Waals surface area contributed by atoms with E-state index in [2.05, 4.69) is 15.6 Å². The van der Waals surface area contributed by atoms with Crippen LogP contribution in [0.25, 0.3) is 0 Å². The number of nitrogens with zero attached hydrogens (tertiary/aromatic N) is 1. The van der Waals surface area contributed by atoms with E-state index in [0.29, 0.717) is 24.5 Å². The number of anilines is 1. The molecule has 0 saturated carbocycles. The number of amides is 1. The fraction of sp³-hybridized carbons (Fsp3) is 0.364. The first kappa shape index (κ1) is 11.4. The van der Waals surface area contributed by atoms with Crippen LogP contribution < -0.4 is 10.6 Å². The first-order valence-corrected chi connectivity index (χ1v) is 5.30. The van der Waals surface area contributed by atoms with Crippen LogP contribution in [0.5, 0.6) is 0 Å². The van der Waals surface area contributed by atoms with E-state index in [1.807, 2.05) is 0 Å². The van der Waals surface area contributed by atoms with Gasteiger partial charge < -0.3 is 15.7 Å². The highest BCUT2D eigenvalue weighted by Crippen LogP contribution is 2.13. The molecule has 1 saturated heterocycles. The molecule has 1 atom stereocenters. The molecule has 17 heavy (non-hydrogen) atoms. The highest BCUT2D eigenvalue weighted by atomic mass is 16.4. The van der Waals surface area contributed by atoms with Crippen molar-refractivity contribution in [2.24, 2.45) is 0 Å². The molecule has 1 fully saturated rings. The van der Waals surface area contributed by atoms with Crippen LogP contribution in [0.4, 0.5) is 5.82 Å². The summed E-state index contributed by atoms with van der Waals surface area (Å²) in [7, 11) is 0. The predicted molar refractivity (Wildman–Crippen MR) is 61.0 cm³/mol. The number of aromatic nitrogens is 1. The minimum Gasteiger partial charge on any atom is -0.478 e. The van der Waals surface area contributed by atoms with E-state index in [0.717, 1.165) is 0 Å². The monoisotopic (exact) mass is 235 g/mol. The number of carboxylic acids is 1. The summed E-state index contributed by atoms with van der Waals surface area (Å²) >= 11 is 0. The average Bonchev–Trinajstić information content (AvgIpc) is 2.63. The molecule has 0 radical (unpaired) electrons. The maximum atomic E-state index is 11.0. The molecule has 1 aromatic rings. The minimum atomic E-state index is -0.987. The molecule has 0 aromatic carbocycles. The van der Waals surface area contributed by atoms with Gasteiger partial charge in [-0.05, 0) is 19.1 Å². The Morgan fingerprint density at radius 1 is 1.59 bits per heavy atom. The van der Waals surface area contributed by atoms with E-state index in [1.165, 1.54) is 12.1 Å². The lowest BCUT2D eigenvalue weighted by atomic mass is 10.2. The standard InChI is InChI=1S/C11H13N3O3/c1-6-2-7(11(16)17)3-9(13-6)14-8-4-10(15)12-5-8/h2-3,8H,4-5H2,1H3,(H,12,15)(H,13,14)(H,16,17). The molecule has 6 nitrogen and oxygen atoms in total. The zero-order valence-corrected chi connectivity index (χ0v) is 9.36. The summed E-state index contributed by atoms with van der Waals surface area (Å²) in [5.41, 5.74) is 0.821. The third-order valence-corrected chi connectivity index (χ3v) is 2.53. The summed E-state index contributed by atoms with van der Waals surface area (Å²) in [5.74, 6) is -0.503. The zero-order valence-electron chi connectivity index (χ0n) is 9.36. The van der Waals surface area contributed by atoms with Gasteiger partial charge in [0.1, 0.15) is 5.82 Å². The number of rotatable bonds is 3. The minimum absolute atomic E-state index is 0.00592. The summed E-state index contributed by atoms with van der Waals surface area (Å²) in [6.07, 6.45) is 0.387. The summed E-state index contributed by atoms with van der Waals surface area (Å²) in [5, 5.41) is 14.7. The molecule has 2 heterocycles. The fourth-order valence-electron chi connectivity index (χ4n) is 1.78. The first-order valence-electron chi connectivity index (χ1n) is 5.30. The lowest BCUT2D eigenvalue weighted by Crippen LogP contribution is -2.23. The highest BCUT2D eigenvalue weighted by molar-refractivity contribution is 5.88. The third kappa shape index (κ3) is 2.72. The van der Waals surface area contributed by atoms with Gasteiger partial charge in [0, 0.05) is 18.7 Å². The molecule has 1 aromatic heterocycles. The molecular formula is C11H13N3O3. The van der Waals surface area contributed by atoms with Gasteiger partial charge in [0.25, 0.3) is 0 Å². The number of pyridine rings is 1. The number of carbonyl (C=O) groups is 2. The van der Waals surface area contributed by atoms with Crippen LogP contribution in [0, 0.1) is 6.92 Å². The Balaban J connectivity index is 2.15. The molecule has 1 aliphatic rings. The Morgan fingerprint density at radius 2 is 2.35 bits per heavy atom. The highest BCUT2D eigenvalue weighted by Gasteiger charge is 2.21. The number of hydrogen-bond acceptors (Lipinski definition) is 4. The summed E-state index contributed by atoms with van der Waals surface area (Å²) in [4.78, 5) is 26.1.